The minimum atomic E-state index is -8.67. The van der Waals surface area contributed by atoms with Crippen molar-refractivity contribution in [2.45, 2.75) is 291 Å². The van der Waals surface area contributed by atoms with Gasteiger partial charge >= 0.3 is 179 Å². The molecule has 0 radical (unpaired) electrons. The topological polar surface area (TPSA) is 118 Å². The molecule has 0 spiro atoms. The lowest BCUT2D eigenvalue weighted by Crippen LogP contribution is -2.75. The fraction of sp³-hybridized carbons (Fsp3) is 0.680. The monoisotopic (exact) mass is 2310 g/mol. The lowest BCUT2D eigenvalue weighted by molar-refractivity contribution is -0.462. The Morgan fingerprint density at radius 1 is 0.204 bits per heavy atom. The molecule has 0 atom stereocenters. The van der Waals surface area contributed by atoms with Crippen LogP contribution in [0.1, 0.15) is 120 Å². The third-order valence-corrected chi connectivity index (χ3v) is 19.9. The number of phenolic OH excluding ortho intramolecular Hbond substituents is 4. The van der Waals surface area contributed by atoms with E-state index in [0.29, 0.717) is 30.3 Å². The number of benzene rings is 4. The van der Waals surface area contributed by atoms with Crippen LogP contribution in [0.15, 0.2) is 54.6 Å². The highest BCUT2D eigenvalue weighted by atomic mass is 19.5. The number of alkyl halides is 64. The summed E-state index contributed by atoms with van der Waals surface area (Å²) in [6, 6.07) is 6.17. The second kappa shape index (κ2) is 40.1. The normalized spacial score (nSPS) is 15.3. The molecule has 4 rings (SSSR count). The van der Waals surface area contributed by atoms with Crippen LogP contribution in [0.4, 0.5) is 281 Å². The first-order chi connectivity index (χ1) is 63.5. The molecule has 4 aromatic carbocycles. The van der Waals surface area contributed by atoms with Gasteiger partial charge in [-0.2, -0.15) is 272 Å². The van der Waals surface area contributed by atoms with Crippen LogP contribution in [-0.4, -0.2) is 226 Å². The Hall–Kier alpha value is -9.20. The van der Waals surface area contributed by atoms with Crippen molar-refractivity contribution in [1.82, 2.24) is 0 Å². The van der Waals surface area contributed by atoms with Crippen LogP contribution in [0, 0.1) is 20.8 Å². The first-order valence-corrected chi connectivity index (χ1v) is 37.5. The van der Waals surface area contributed by atoms with Gasteiger partial charge in [-0.3, -0.25) is 0 Å². The fourth-order valence-corrected chi connectivity index (χ4v) is 10.9. The average Bonchev–Trinajstić information content (AvgIpc) is 0.696. The summed E-state index contributed by atoms with van der Waals surface area (Å²) in [6.07, 6.45) is -47.5. The van der Waals surface area contributed by atoms with Gasteiger partial charge in [-0.05, 0) is 115 Å². The van der Waals surface area contributed by atoms with Gasteiger partial charge in [0.15, 0.2) is 26.4 Å². The molecule has 0 fully saturated rings. The fourth-order valence-electron chi connectivity index (χ4n) is 10.9. The molecule has 0 saturated carbocycles. The molecule has 0 amide bonds. The van der Waals surface area contributed by atoms with E-state index in [1.54, 1.807) is 0 Å². The maximum absolute atomic E-state index is 14.2. The standard InChI is InChI=1S/C22H23F15O2.C20H19F15O2.C17H11F17O2.C16H9F17O2/c1-14(2,3)11-7-10(8-12(13(11)38)15(4,5)6)39-9-16(23,24)18(26,27)20(30,31)19(28,29)17(25,21(32,33)34)22(35,36)37;1-8(2)11-5-10(6-12(9(3)4)13(11)36)37-7-14(21,22)16(24,25)18(28,29)17(26,27)15(23,19(30,31)32)20(33,34)35;1-6-3-8(4-7(2)9(6)35)36-5-10(18,19)11(20,21)12(22,23)13(24,25)14(26,27)15(28,29)16(30,31)17(32,33)34;1-6-4-7(2-3-8(6)34)35-5-9(17,18)10(19,20)11(21,22)12(23,24)13(25,26)14(27,28)15(29,30)16(31,32)33/h7-8,38H,9H2,1-6H3;5-6,8-9,36H,7H2,1-4H3;3-4,35H,5H2,1-2H3;2-4,34H,5H2,1H3. The van der Waals surface area contributed by atoms with E-state index < -0.39 is 268 Å². The van der Waals surface area contributed by atoms with Crippen molar-refractivity contribution < 1.29 is 320 Å². The molecule has 0 saturated heterocycles. The zero-order valence-corrected chi connectivity index (χ0v) is 73.3. The molecule has 4 N–H and O–H groups in total. The Morgan fingerprint density at radius 2 is 0.388 bits per heavy atom. The lowest BCUT2D eigenvalue weighted by atomic mass is 9.79. The third kappa shape index (κ3) is 22.9. The summed E-state index contributed by atoms with van der Waals surface area (Å²) in [5.41, 5.74) is -19.5. The van der Waals surface area contributed by atoms with Crippen molar-refractivity contribution in [1.29, 1.82) is 0 Å². The van der Waals surface area contributed by atoms with Gasteiger partial charge in [0.1, 0.15) is 46.0 Å². The van der Waals surface area contributed by atoms with Gasteiger partial charge in [0.05, 0.1) is 0 Å². The molecule has 72 heteroatoms. The van der Waals surface area contributed by atoms with Crippen molar-refractivity contribution >= 4 is 0 Å². The van der Waals surface area contributed by atoms with Gasteiger partial charge < -0.3 is 39.4 Å². The molecule has 4 aromatic rings. The largest absolute Gasteiger partial charge is 0.508 e. The Kier molecular flexibility index (Phi) is 37.1. The lowest BCUT2D eigenvalue weighted by Gasteiger charge is -2.43. The molecule has 0 aliphatic heterocycles. The van der Waals surface area contributed by atoms with E-state index in [9.17, 15) is 301 Å². The quantitative estimate of drug-likeness (QED) is 0.0342. The van der Waals surface area contributed by atoms with Gasteiger partial charge in [0.2, 0.25) is 0 Å². The highest BCUT2D eigenvalue weighted by Crippen LogP contribution is 2.71. The van der Waals surface area contributed by atoms with E-state index >= 15 is 0 Å². The Morgan fingerprint density at radius 3 is 0.585 bits per heavy atom. The highest BCUT2D eigenvalue weighted by Gasteiger charge is 3.01. The number of aromatic hydroxyl groups is 4. The molecule has 8 nitrogen and oxygen atoms in total. The summed E-state index contributed by atoms with van der Waals surface area (Å²) in [4.78, 5) is 0. The summed E-state index contributed by atoms with van der Waals surface area (Å²) >= 11 is 0. The van der Waals surface area contributed by atoms with Crippen LogP contribution in [0.25, 0.3) is 0 Å². The van der Waals surface area contributed by atoms with E-state index in [4.69, 9.17) is 0 Å². The zero-order chi connectivity index (χ0) is 119. The van der Waals surface area contributed by atoms with Crippen LogP contribution >= 0.6 is 0 Å². The number of hydrogen-bond acceptors (Lipinski definition) is 8. The van der Waals surface area contributed by atoms with Crippen LogP contribution in [0.5, 0.6) is 46.0 Å². The molecule has 0 aromatic heterocycles. The Labute approximate surface area is 776 Å². The molecule has 0 unspecified atom stereocenters. The van der Waals surface area contributed by atoms with Gasteiger partial charge in [0, 0.05) is 22.3 Å². The SMILES string of the molecule is CC(C)(C)c1cc(OCC(F)(F)C(F)(F)C(F)(F)C(F)(F)C(F)(C(F)(F)F)C(F)(F)F)cc(C(C)(C)C)c1O.CC(C)c1cc(OCC(F)(F)C(F)(F)C(F)(F)C(F)(F)C(F)(C(F)(F)F)C(F)(F)F)cc(C(C)C)c1O.Cc1cc(OCC(F)(F)C(F)(F)C(F)(F)C(F)(F)C(F)(F)C(F)(F)C(F)(F)C(F)(F)F)cc(C)c1O.Cc1cc(OCC(F)(F)C(F)(F)C(F)(F)C(F)(F)C(F)(F)C(F)(F)C(F)(F)C(F)(F)F)ccc1O. The van der Waals surface area contributed by atoms with Gasteiger partial charge in [-0.1, -0.05) is 69.2 Å². The van der Waals surface area contributed by atoms with E-state index in [-0.39, 0.29) is 44.7 Å². The number of ether oxygens (including phenoxy) is 4. The number of phenols is 4. The van der Waals surface area contributed by atoms with Crippen LogP contribution < -0.4 is 18.9 Å². The smallest absolute Gasteiger partial charge is 0.460 e. The second-order valence-corrected chi connectivity index (χ2v) is 33.6. The Bertz CT molecular complexity index is 5030. The van der Waals surface area contributed by atoms with Crippen molar-refractivity contribution in [3.63, 3.8) is 0 Å². The first kappa shape index (κ1) is 136. The number of hydrogen-bond donors (Lipinski definition) is 4. The maximum atomic E-state index is 14.2. The molecular formula is C75H62F64O8. The van der Waals surface area contributed by atoms with E-state index in [1.165, 1.54) is 69.2 Å². The molecule has 147 heavy (non-hydrogen) atoms. The number of rotatable bonds is 34. The maximum Gasteiger partial charge on any atom is 0.460 e. The summed E-state index contributed by atoms with van der Waals surface area (Å²) in [5.74, 6) is -182. The minimum absolute atomic E-state index is 0.0364. The van der Waals surface area contributed by atoms with E-state index in [0.717, 1.165) is 45.0 Å². The minimum Gasteiger partial charge on any atom is -0.508 e. The summed E-state index contributed by atoms with van der Waals surface area (Å²) < 4.78 is 866. The van der Waals surface area contributed by atoms with Crippen LogP contribution in [0.3, 0.4) is 0 Å². The summed E-state index contributed by atoms with van der Waals surface area (Å²) in [7, 11) is 0. The van der Waals surface area contributed by atoms with E-state index in [2.05, 4.69) is 18.9 Å². The van der Waals surface area contributed by atoms with Crippen molar-refractivity contribution in [3.05, 3.63) is 93.5 Å². The number of halogens is 64. The summed E-state index contributed by atoms with van der Waals surface area (Å²) in [6.45, 7) is 5.88. The third-order valence-electron chi connectivity index (χ3n) is 19.9. The highest BCUT2D eigenvalue weighted by molar-refractivity contribution is 5.53. The predicted octanol–water partition coefficient (Wildman–Crippen LogP) is 31.6. The Balaban J connectivity index is 0.000000981. The van der Waals surface area contributed by atoms with Crippen molar-refractivity contribution in [3.8, 4) is 46.0 Å². The average molecular weight is 2310 g/mol. The molecule has 0 heterocycles. The van der Waals surface area contributed by atoms with Crippen LogP contribution in [0.2, 0.25) is 0 Å². The van der Waals surface area contributed by atoms with Gasteiger partial charge in [-0.25, -0.2) is 8.78 Å². The second-order valence-electron chi connectivity index (χ2n) is 33.6. The van der Waals surface area contributed by atoms with Crippen LogP contribution in [-0.2, 0) is 10.8 Å². The summed E-state index contributed by atoms with van der Waals surface area (Å²) in [5, 5.41) is 39.4. The molecule has 0 aliphatic rings. The van der Waals surface area contributed by atoms with Gasteiger partial charge in [0.25, 0.3) is 0 Å². The van der Waals surface area contributed by atoms with Crippen molar-refractivity contribution in [2.75, 3.05) is 26.4 Å². The van der Waals surface area contributed by atoms with Crippen molar-refractivity contribution in [2.24, 2.45) is 0 Å². The van der Waals surface area contributed by atoms with E-state index in [1.807, 2.05) is 0 Å². The zero-order valence-electron chi connectivity index (χ0n) is 73.3. The molecule has 858 valence electrons. The molecule has 0 bridgehead atoms. The molecule has 0 aliphatic carbocycles. The predicted molar refractivity (Wildman–Crippen MR) is 367 cm³/mol. The first-order valence-electron chi connectivity index (χ1n) is 37.5. The van der Waals surface area contributed by atoms with Gasteiger partial charge in [-0.15, -0.1) is 0 Å². The molecular weight excluding hydrogens is 2240 g/mol. The number of aryl methyl sites for hydroxylation is 3.